The summed E-state index contributed by atoms with van der Waals surface area (Å²) in [6, 6.07) is 19.2. The van der Waals surface area contributed by atoms with Crippen molar-refractivity contribution in [2.75, 3.05) is 5.32 Å². The lowest BCUT2D eigenvalue weighted by Crippen LogP contribution is -2.04. The van der Waals surface area contributed by atoms with Gasteiger partial charge >= 0.3 is 0 Å². The van der Waals surface area contributed by atoms with E-state index in [4.69, 9.17) is 39.5 Å². The van der Waals surface area contributed by atoms with Gasteiger partial charge < -0.3 is 10.1 Å². The van der Waals surface area contributed by atoms with Gasteiger partial charge in [-0.05, 0) is 48.9 Å². The molecule has 1 N–H and O–H groups in total. The highest BCUT2D eigenvalue weighted by Crippen LogP contribution is 2.27. The lowest BCUT2D eigenvalue weighted by molar-refractivity contribution is 0.303. The molecule has 3 aromatic carbocycles. The minimum atomic E-state index is 0.498. The average Bonchev–Trinajstić information content (AvgIpc) is 2.60. The maximum Gasteiger partial charge on any atom is 0.124 e. The maximum atomic E-state index is 6.16. The number of hydrogen-bond donors (Lipinski definition) is 1. The van der Waals surface area contributed by atoms with E-state index >= 15 is 0 Å². The summed E-state index contributed by atoms with van der Waals surface area (Å²) in [5, 5.41) is 5.14. The normalized spacial score (nSPS) is 10.6. The molecule has 0 saturated carbocycles. The molecule has 26 heavy (non-hydrogen) atoms. The molecular formula is C21H18Cl3NO. The summed E-state index contributed by atoms with van der Waals surface area (Å²) in [5.74, 6) is 0.788. The molecule has 0 aliphatic rings. The third-order valence-corrected chi connectivity index (χ3v) is 4.55. The van der Waals surface area contributed by atoms with Gasteiger partial charge in [-0.3, -0.25) is 0 Å². The Hall–Kier alpha value is -1.87. The second-order valence-corrected chi connectivity index (χ2v) is 7.35. The van der Waals surface area contributed by atoms with Crippen LogP contribution in [-0.2, 0) is 13.2 Å². The van der Waals surface area contributed by atoms with Crippen molar-refractivity contribution in [2.45, 2.75) is 20.1 Å². The van der Waals surface area contributed by atoms with E-state index in [0.717, 1.165) is 22.6 Å². The lowest BCUT2D eigenvalue weighted by Gasteiger charge is -2.14. The molecule has 0 atom stereocenters. The van der Waals surface area contributed by atoms with E-state index in [0.29, 0.717) is 28.2 Å². The van der Waals surface area contributed by atoms with Crippen molar-refractivity contribution >= 4 is 40.5 Å². The molecule has 2 nitrogen and oxygen atoms in total. The van der Waals surface area contributed by atoms with Crippen LogP contribution in [0.15, 0.2) is 60.7 Å². The quantitative estimate of drug-likeness (QED) is 0.469. The van der Waals surface area contributed by atoms with Crippen LogP contribution >= 0.6 is 34.8 Å². The lowest BCUT2D eigenvalue weighted by atomic mass is 10.1. The average molecular weight is 407 g/mol. The predicted octanol–water partition coefficient (Wildman–Crippen LogP) is 7.15. The topological polar surface area (TPSA) is 21.3 Å². The van der Waals surface area contributed by atoms with Crippen molar-refractivity contribution in [3.05, 3.63) is 92.4 Å². The Morgan fingerprint density at radius 3 is 2.19 bits per heavy atom. The molecule has 0 unspecified atom stereocenters. The zero-order chi connectivity index (χ0) is 18.5. The molecule has 0 aliphatic heterocycles. The van der Waals surface area contributed by atoms with E-state index in [1.54, 1.807) is 6.07 Å². The van der Waals surface area contributed by atoms with Gasteiger partial charge in [0.2, 0.25) is 0 Å². The summed E-state index contributed by atoms with van der Waals surface area (Å²) in [7, 11) is 0. The zero-order valence-electron chi connectivity index (χ0n) is 14.2. The number of benzene rings is 3. The highest BCUT2D eigenvalue weighted by molar-refractivity contribution is 6.35. The number of anilines is 1. The fraction of sp³-hybridized carbons (Fsp3) is 0.143. The number of ether oxygens (including phenoxy) is 1. The molecule has 0 saturated heterocycles. The second kappa shape index (κ2) is 8.68. The summed E-state index contributed by atoms with van der Waals surface area (Å²) in [6.07, 6.45) is 0. The first-order valence-corrected chi connectivity index (χ1v) is 9.30. The minimum absolute atomic E-state index is 0.498. The molecule has 3 rings (SSSR count). The molecule has 3 aromatic rings. The van der Waals surface area contributed by atoms with Crippen LogP contribution in [-0.4, -0.2) is 0 Å². The predicted molar refractivity (Wildman–Crippen MR) is 111 cm³/mol. The Bertz CT molecular complexity index is 874. The molecule has 0 aromatic heterocycles. The van der Waals surface area contributed by atoms with Crippen molar-refractivity contribution in [1.82, 2.24) is 0 Å². The largest absolute Gasteiger partial charge is 0.489 e. The van der Waals surface area contributed by atoms with Gasteiger partial charge in [0.25, 0.3) is 0 Å². The number of halogens is 3. The van der Waals surface area contributed by atoms with Crippen LogP contribution in [0, 0.1) is 6.92 Å². The molecular weight excluding hydrogens is 389 g/mol. The summed E-state index contributed by atoms with van der Waals surface area (Å²) in [4.78, 5) is 0. The summed E-state index contributed by atoms with van der Waals surface area (Å²) in [5.41, 5.74) is 4.14. The monoisotopic (exact) mass is 405 g/mol. The van der Waals surface area contributed by atoms with Gasteiger partial charge in [0.1, 0.15) is 12.4 Å². The van der Waals surface area contributed by atoms with E-state index in [1.807, 2.05) is 30.3 Å². The van der Waals surface area contributed by atoms with Gasteiger partial charge in [-0.25, -0.2) is 0 Å². The number of aryl methyl sites for hydroxylation is 1. The van der Waals surface area contributed by atoms with Crippen LogP contribution in [0.5, 0.6) is 5.75 Å². The summed E-state index contributed by atoms with van der Waals surface area (Å²) < 4.78 is 6.00. The fourth-order valence-corrected chi connectivity index (χ4v) is 3.25. The molecule has 0 fully saturated rings. The van der Waals surface area contributed by atoms with Gasteiger partial charge in [0.15, 0.2) is 0 Å². The second-order valence-electron chi connectivity index (χ2n) is 6.04. The standard InChI is InChI=1S/C21H18Cl3NO/c1-14-2-4-15(5-3-14)13-26-21-7-6-17(22)8-16(21)12-25-20-10-18(23)9-19(24)11-20/h2-11,25H,12-13H2,1H3. The smallest absolute Gasteiger partial charge is 0.124 e. The first-order valence-electron chi connectivity index (χ1n) is 8.16. The van der Waals surface area contributed by atoms with E-state index in [2.05, 4.69) is 36.5 Å². The number of nitrogens with one attached hydrogen (secondary N) is 1. The molecule has 0 radical (unpaired) electrons. The van der Waals surface area contributed by atoms with E-state index in [-0.39, 0.29) is 0 Å². The van der Waals surface area contributed by atoms with Crippen LogP contribution in [0.2, 0.25) is 15.1 Å². The highest BCUT2D eigenvalue weighted by Gasteiger charge is 2.07. The molecule has 0 spiro atoms. The van der Waals surface area contributed by atoms with Crippen LogP contribution in [0.1, 0.15) is 16.7 Å². The Kier molecular flexibility index (Phi) is 6.31. The van der Waals surface area contributed by atoms with Gasteiger partial charge in [-0.1, -0.05) is 64.6 Å². The first kappa shape index (κ1) is 18.9. The SMILES string of the molecule is Cc1ccc(COc2ccc(Cl)cc2CNc2cc(Cl)cc(Cl)c2)cc1. The number of hydrogen-bond acceptors (Lipinski definition) is 2. The zero-order valence-corrected chi connectivity index (χ0v) is 16.5. The maximum absolute atomic E-state index is 6.16. The van der Waals surface area contributed by atoms with Crippen LogP contribution in [0.25, 0.3) is 0 Å². The van der Waals surface area contributed by atoms with Crippen LogP contribution in [0.3, 0.4) is 0 Å². The van der Waals surface area contributed by atoms with Crippen LogP contribution in [0.4, 0.5) is 5.69 Å². The fourth-order valence-electron chi connectivity index (χ4n) is 2.53. The third-order valence-electron chi connectivity index (χ3n) is 3.88. The molecule has 0 aliphatic carbocycles. The van der Waals surface area contributed by atoms with Crippen molar-refractivity contribution in [3.63, 3.8) is 0 Å². The third kappa shape index (κ3) is 5.31. The van der Waals surface area contributed by atoms with Gasteiger partial charge in [-0.15, -0.1) is 0 Å². The molecule has 0 amide bonds. The molecule has 0 bridgehead atoms. The summed E-state index contributed by atoms with van der Waals surface area (Å²) in [6.45, 7) is 3.11. The van der Waals surface area contributed by atoms with Gasteiger partial charge in [-0.2, -0.15) is 0 Å². The Morgan fingerprint density at radius 2 is 1.50 bits per heavy atom. The van der Waals surface area contributed by atoms with Crippen molar-refractivity contribution < 1.29 is 4.74 Å². The highest BCUT2D eigenvalue weighted by atomic mass is 35.5. The van der Waals surface area contributed by atoms with E-state index in [1.165, 1.54) is 5.56 Å². The number of rotatable bonds is 6. The van der Waals surface area contributed by atoms with E-state index in [9.17, 15) is 0 Å². The Balaban J connectivity index is 1.71. The van der Waals surface area contributed by atoms with E-state index < -0.39 is 0 Å². The first-order chi connectivity index (χ1) is 12.5. The Morgan fingerprint density at radius 1 is 0.808 bits per heavy atom. The van der Waals surface area contributed by atoms with Crippen LogP contribution < -0.4 is 10.1 Å². The molecule has 0 heterocycles. The summed E-state index contributed by atoms with van der Waals surface area (Å²) >= 11 is 18.3. The van der Waals surface area contributed by atoms with Crippen molar-refractivity contribution in [1.29, 1.82) is 0 Å². The van der Waals surface area contributed by atoms with Crippen molar-refractivity contribution in [2.24, 2.45) is 0 Å². The minimum Gasteiger partial charge on any atom is -0.489 e. The molecule has 134 valence electrons. The van der Waals surface area contributed by atoms with Crippen molar-refractivity contribution in [3.8, 4) is 5.75 Å². The van der Waals surface area contributed by atoms with Gasteiger partial charge in [0.05, 0.1) is 0 Å². The molecule has 5 heteroatoms. The Labute approximate surface area is 168 Å². The van der Waals surface area contributed by atoms with Gasteiger partial charge in [0, 0.05) is 32.9 Å².